The van der Waals surface area contributed by atoms with Gasteiger partial charge >= 0.3 is 0 Å². The molecule has 0 heterocycles. The minimum atomic E-state index is 0.780. The monoisotopic (exact) mass is 320 g/mol. The molecule has 0 unspecified atom stereocenters. The van der Waals surface area contributed by atoms with Gasteiger partial charge in [0.1, 0.15) is 0 Å². The van der Waals surface area contributed by atoms with Crippen molar-refractivity contribution in [3.8, 4) is 22.3 Å². The van der Waals surface area contributed by atoms with Crippen LogP contribution in [-0.4, -0.2) is 6.29 Å². The Bertz CT molecular complexity index is 1140. The first-order valence-electron chi connectivity index (χ1n) is 8.54. The maximum Gasteiger partial charge on any atom is 0.151 e. The predicted molar refractivity (Wildman–Crippen MR) is 103 cm³/mol. The van der Waals surface area contributed by atoms with Gasteiger partial charge < -0.3 is 0 Å². The second-order valence-electron chi connectivity index (χ2n) is 6.53. The summed E-state index contributed by atoms with van der Waals surface area (Å²) in [4.78, 5) is 11.9. The largest absolute Gasteiger partial charge is 0.298 e. The van der Waals surface area contributed by atoms with E-state index in [4.69, 9.17) is 0 Å². The standard InChI is InChI=1S/C24H16O/c25-15-24-18-8-3-1-6-16(18)12-13-22(24)21-11-5-10-20-19-9-4-2-7-17(19)14-23(20)21/h1-13,15H,14H2. The lowest BCUT2D eigenvalue weighted by atomic mass is 9.90. The SMILES string of the molecule is O=Cc1c(-c2cccc3c2Cc2ccccc2-3)ccc2ccccc12. The second kappa shape index (κ2) is 5.42. The third-order valence-corrected chi connectivity index (χ3v) is 5.23. The summed E-state index contributed by atoms with van der Waals surface area (Å²) in [6.45, 7) is 0. The van der Waals surface area contributed by atoms with Gasteiger partial charge in [-0.15, -0.1) is 0 Å². The zero-order chi connectivity index (χ0) is 16.8. The summed E-state index contributed by atoms with van der Waals surface area (Å²) in [7, 11) is 0. The summed E-state index contributed by atoms with van der Waals surface area (Å²) in [5.74, 6) is 0. The third-order valence-electron chi connectivity index (χ3n) is 5.23. The van der Waals surface area contributed by atoms with Crippen LogP contribution in [0.15, 0.2) is 78.9 Å². The van der Waals surface area contributed by atoms with Gasteiger partial charge in [-0.2, -0.15) is 0 Å². The first kappa shape index (κ1) is 14.2. The summed E-state index contributed by atoms with van der Waals surface area (Å²) in [6.07, 6.45) is 1.92. The lowest BCUT2D eigenvalue weighted by Gasteiger charge is -2.13. The molecular weight excluding hydrogens is 304 g/mol. The van der Waals surface area contributed by atoms with Gasteiger partial charge in [-0.05, 0) is 50.6 Å². The van der Waals surface area contributed by atoms with E-state index in [1.165, 1.54) is 27.8 Å². The Morgan fingerprint density at radius 2 is 1.36 bits per heavy atom. The summed E-state index contributed by atoms with van der Waals surface area (Å²) < 4.78 is 0. The van der Waals surface area contributed by atoms with E-state index in [1.54, 1.807) is 0 Å². The molecule has 1 aliphatic carbocycles. The number of carbonyl (C=O) groups excluding carboxylic acids is 1. The van der Waals surface area contributed by atoms with E-state index in [1.807, 2.05) is 18.2 Å². The highest BCUT2D eigenvalue weighted by Gasteiger charge is 2.22. The number of fused-ring (bicyclic) bond motifs is 4. The van der Waals surface area contributed by atoms with E-state index in [0.717, 1.165) is 34.6 Å². The molecule has 1 aliphatic rings. The van der Waals surface area contributed by atoms with Crippen LogP contribution in [0.3, 0.4) is 0 Å². The molecule has 0 atom stereocenters. The Morgan fingerprint density at radius 1 is 0.640 bits per heavy atom. The minimum absolute atomic E-state index is 0.780. The van der Waals surface area contributed by atoms with Crippen molar-refractivity contribution in [3.05, 3.63) is 95.6 Å². The summed E-state index contributed by atoms with van der Waals surface area (Å²) in [5.41, 5.74) is 8.26. The number of benzene rings is 4. The van der Waals surface area contributed by atoms with E-state index in [9.17, 15) is 4.79 Å². The molecule has 1 nitrogen and oxygen atoms in total. The molecule has 25 heavy (non-hydrogen) atoms. The van der Waals surface area contributed by atoms with Gasteiger partial charge in [-0.25, -0.2) is 0 Å². The van der Waals surface area contributed by atoms with Gasteiger partial charge in [-0.3, -0.25) is 4.79 Å². The van der Waals surface area contributed by atoms with Gasteiger partial charge in [-0.1, -0.05) is 78.9 Å². The zero-order valence-corrected chi connectivity index (χ0v) is 13.7. The van der Waals surface area contributed by atoms with E-state index in [0.29, 0.717) is 0 Å². The molecule has 0 saturated heterocycles. The van der Waals surface area contributed by atoms with Crippen LogP contribution in [0.5, 0.6) is 0 Å². The maximum atomic E-state index is 11.9. The fraction of sp³-hybridized carbons (Fsp3) is 0.0417. The van der Waals surface area contributed by atoms with Crippen LogP contribution in [0.1, 0.15) is 21.5 Å². The molecule has 0 aliphatic heterocycles. The minimum Gasteiger partial charge on any atom is -0.298 e. The van der Waals surface area contributed by atoms with Crippen molar-refractivity contribution in [1.82, 2.24) is 0 Å². The van der Waals surface area contributed by atoms with Crippen molar-refractivity contribution in [1.29, 1.82) is 0 Å². The summed E-state index contributed by atoms with van der Waals surface area (Å²) >= 11 is 0. The molecule has 0 spiro atoms. The Morgan fingerprint density at radius 3 is 2.24 bits per heavy atom. The smallest absolute Gasteiger partial charge is 0.151 e. The predicted octanol–water partition coefficient (Wildman–Crippen LogP) is 5.89. The number of aldehydes is 1. The molecule has 0 N–H and O–H groups in total. The Labute approximate surface area is 146 Å². The first-order chi connectivity index (χ1) is 12.4. The van der Waals surface area contributed by atoms with E-state index >= 15 is 0 Å². The molecule has 4 aromatic rings. The Hall–Kier alpha value is -3.19. The van der Waals surface area contributed by atoms with Gasteiger partial charge in [0, 0.05) is 5.56 Å². The summed E-state index contributed by atoms with van der Waals surface area (Å²) in [5, 5.41) is 2.12. The molecule has 5 rings (SSSR count). The van der Waals surface area contributed by atoms with E-state index in [2.05, 4.69) is 60.7 Å². The maximum absolute atomic E-state index is 11.9. The number of carbonyl (C=O) groups is 1. The van der Waals surface area contributed by atoms with E-state index < -0.39 is 0 Å². The molecule has 0 bridgehead atoms. The molecule has 0 radical (unpaired) electrons. The normalized spacial score (nSPS) is 12.0. The second-order valence-corrected chi connectivity index (χ2v) is 6.53. The number of hydrogen-bond acceptors (Lipinski definition) is 1. The molecule has 1 heteroatoms. The summed E-state index contributed by atoms with van der Waals surface area (Å²) in [6, 6.07) is 27.3. The molecule has 0 amide bonds. The molecular formula is C24H16O. The average molecular weight is 320 g/mol. The zero-order valence-electron chi connectivity index (χ0n) is 13.7. The van der Waals surface area contributed by atoms with Crippen LogP contribution in [0.4, 0.5) is 0 Å². The topological polar surface area (TPSA) is 17.1 Å². The fourth-order valence-corrected chi connectivity index (χ4v) is 4.07. The first-order valence-corrected chi connectivity index (χ1v) is 8.54. The van der Waals surface area contributed by atoms with Gasteiger partial charge in [0.2, 0.25) is 0 Å². The molecule has 0 fully saturated rings. The van der Waals surface area contributed by atoms with E-state index in [-0.39, 0.29) is 0 Å². The van der Waals surface area contributed by atoms with Crippen LogP contribution >= 0.6 is 0 Å². The van der Waals surface area contributed by atoms with Crippen LogP contribution in [0.25, 0.3) is 33.0 Å². The van der Waals surface area contributed by atoms with Crippen molar-refractivity contribution >= 4 is 17.1 Å². The molecule has 118 valence electrons. The van der Waals surface area contributed by atoms with Crippen molar-refractivity contribution in [2.75, 3.05) is 0 Å². The van der Waals surface area contributed by atoms with Crippen LogP contribution in [0.2, 0.25) is 0 Å². The Balaban J connectivity index is 1.79. The number of hydrogen-bond donors (Lipinski definition) is 0. The average Bonchev–Trinajstić information content (AvgIpc) is 3.06. The third kappa shape index (κ3) is 2.06. The van der Waals surface area contributed by atoms with Crippen molar-refractivity contribution in [2.24, 2.45) is 0 Å². The van der Waals surface area contributed by atoms with Crippen LogP contribution < -0.4 is 0 Å². The Kier molecular flexibility index (Phi) is 3.07. The van der Waals surface area contributed by atoms with Crippen molar-refractivity contribution in [2.45, 2.75) is 6.42 Å². The van der Waals surface area contributed by atoms with Gasteiger partial charge in [0.25, 0.3) is 0 Å². The highest BCUT2D eigenvalue weighted by molar-refractivity contribution is 6.05. The fourth-order valence-electron chi connectivity index (χ4n) is 4.07. The van der Waals surface area contributed by atoms with Crippen molar-refractivity contribution in [3.63, 3.8) is 0 Å². The highest BCUT2D eigenvalue weighted by Crippen LogP contribution is 2.42. The quantitative estimate of drug-likeness (QED) is 0.371. The lowest BCUT2D eigenvalue weighted by Crippen LogP contribution is -1.94. The molecule has 0 aromatic heterocycles. The molecule has 4 aromatic carbocycles. The van der Waals surface area contributed by atoms with Crippen LogP contribution in [-0.2, 0) is 6.42 Å². The van der Waals surface area contributed by atoms with Crippen LogP contribution in [0, 0.1) is 0 Å². The highest BCUT2D eigenvalue weighted by atomic mass is 16.1. The number of rotatable bonds is 2. The van der Waals surface area contributed by atoms with Gasteiger partial charge in [0.05, 0.1) is 0 Å². The van der Waals surface area contributed by atoms with Crippen molar-refractivity contribution < 1.29 is 4.79 Å². The van der Waals surface area contributed by atoms with Gasteiger partial charge in [0.15, 0.2) is 6.29 Å². The lowest BCUT2D eigenvalue weighted by molar-refractivity contribution is 0.112. The molecule has 0 saturated carbocycles.